The maximum absolute atomic E-state index is 13.5. The summed E-state index contributed by atoms with van der Waals surface area (Å²) in [6.07, 6.45) is 2.27. The van der Waals surface area contributed by atoms with Crippen LogP contribution >= 0.6 is 0 Å². The lowest BCUT2D eigenvalue weighted by molar-refractivity contribution is 0.0505. The van der Waals surface area contributed by atoms with E-state index in [-0.39, 0.29) is 24.0 Å². The number of benzene rings is 1. The molecule has 0 aliphatic heterocycles. The SMILES string of the molecule is Cc1ccc(NC2CCC(NC(=O)OC(C)(C)C)C2)cc1F. The van der Waals surface area contributed by atoms with E-state index >= 15 is 0 Å². The maximum Gasteiger partial charge on any atom is 0.407 e. The molecule has 0 aromatic heterocycles. The van der Waals surface area contributed by atoms with Gasteiger partial charge in [-0.15, -0.1) is 0 Å². The molecule has 1 aromatic rings. The molecule has 5 heteroatoms. The molecule has 4 nitrogen and oxygen atoms in total. The van der Waals surface area contributed by atoms with Crippen molar-refractivity contribution >= 4 is 11.8 Å². The molecule has 2 rings (SSSR count). The summed E-state index contributed by atoms with van der Waals surface area (Å²) < 4.78 is 18.8. The Bertz CT molecular complexity index is 540. The summed E-state index contributed by atoms with van der Waals surface area (Å²) in [5, 5.41) is 6.22. The zero-order valence-corrected chi connectivity index (χ0v) is 13.7. The van der Waals surface area contributed by atoms with Crippen LogP contribution in [0.3, 0.4) is 0 Å². The number of hydrogen-bond acceptors (Lipinski definition) is 3. The average molecular weight is 308 g/mol. The molecular weight excluding hydrogens is 283 g/mol. The highest BCUT2D eigenvalue weighted by molar-refractivity contribution is 5.68. The Morgan fingerprint density at radius 3 is 2.59 bits per heavy atom. The van der Waals surface area contributed by atoms with Crippen molar-refractivity contribution in [3.8, 4) is 0 Å². The first-order valence-corrected chi connectivity index (χ1v) is 7.75. The summed E-state index contributed by atoms with van der Waals surface area (Å²) in [5.74, 6) is -0.202. The summed E-state index contributed by atoms with van der Waals surface area (Å²) in [6, 6.07) is 5.50. The van der Waals surface area contributed by atoms with Crippen molar-refractivity contribution in [3.05, 3.63) is 29.6 Å². The van der Waals surface area contributed by atoms with Gasteiger partial charge in [0, 0.05) is 17.8 Å². The maximum atomic E-state index is 13.5. The Morgan fingerprint density at radius 2 is 1.95 bits per heavy atom. The molecule has 2 N–H and O–H groups in total. The number of alkyl carbamates (subject to hydrolysis) is 1. The normalized spacial score (nSPS) is 21.5. The van der Waals surface area contributed by atoms with E-state index in [9.17, 15) is 9.18 Å². The molecule has 0 heterocycles. The molecule has 0 spiro atoms. The third kappa shape index (κ3) is 4.90. The summed E-state index contributed by atoms with van der Waals surface area (Å²) in [4.78, 5) is 11.8. The molecule has 0 saturated heterocycles. The van der Waals surface area contributed by atoms with Gasteiger partial charge in [-0.3, -0.25) is 0 Å². The van der Waals surface area contributed by atoms with Gasteiger partial charge in [0.2, 0.25) is 0 Å². The van der Waals surface area contributed by atoms with Crippen LogP contribution in [0.2, 0.25) is 0 Å². The van der Waals surface area contributed by atoms with Crippen LogP contribution in [0, 0.1) is 12.7 Å². The van der Waals surface area contributed by atoms with E-state index in [1.165, 1.54) is 6.07 Å². The van der Waals surface area contributed by atoms with E-state index in [2.05, 4.69) is 10.6 Å². The molecule has 0 radical (unpaired) electrons. The number of ether oxygens (including phenoxy) is 1. The number of rotatable bonds is 3. The topological polar surface area (TPSA) is 50.4 Å². The second-order valence-corrected chi connectivity index (χ2v) is 6.96. The molecule has 1 aliphatic carbocycles. The van der Waals surface area contributed by atoms with Crippen LogP contribution in [0.15, 0.2) is 18.2 Å². The van der Waals surface area contributed by atoms with Crippen molar-refractivity contribution < 1.29 is 13.9 Å². The molecular formula is C17H25FN2O2. The molecule has 1 fully saturated rings. The highest BCUT2D eigenvalue weighted by atomic mass is 19.1. The van der Waals surface area contributed by atoms with Crippen molar-refractivity contribution in [1.82, 2.24) is 5.32 Å². The largest absolute Gasteiger partial charge is 0.444 e. The first kappa shape index (κ1) is 16.6. The summed E-state index contributed by atoms with van der Waals surface area (Å²) in [7, 11) is 0. The molecule has 1 aromatic carbocycles. The van der Waals surface area contributed by atoms with Gasteiger partial charge in [0.25, 0.3) is 0 Å². The Labute approximate surface area is 131 Å². The minimum Gasteiger partial charge on any atom is -0.444 e. The minimum absolute atomic E-state index is 0.0997. The van der Waals surface area contributed by atoms with Crippen molar-refractivity contribution in [3.63, 3.8) is 0 Å². The van der Waals surface area contributed by atoms with Crippen molar-refractivity contribution in [1.29, 1.82) is 0 Å². The van der Waals surface area contributed by atoms with Crippen LogP contribution in [0.4, 0.5) is 14.9 Å². The predicted molar refractivity (Wildman–Crippen MR) is 85.6 cm³/mol. The van der Waals surface area contributed by atoms with Crippen molar-refractivity contribution in [2.75, 3.05) is 5.32 Å². The second-order valence-electron chi connectivity index (χ2n) is 6.96. The third-order valence-corrected chi connectivity index (χ3v) is 3.70. The van der Waals surface area contributed by atoms with E-state index in [1.54, 1.807) is 13.0 Å². The van der Waals surface area contributed by atoms with E-state index in [4.69, 9.17) is 4.74 Å². The Kier molecular flexibility index (Phi) is 4.94. The lowest BCUT2D eigenvalue weighted by Gasteiger charge is -2.22. The molecule has 122 valence electrons. The fourth-order valence-corrected chi connectivity index (χ4v) is 2.64. The quantitative estimate of drug-likeness (QED) is 0.887. The summed E-state index contributed by atoms with van der Waals surface area (Å²) in [6.45, 7) is 7.28. The zero-order valence-electron chi connectivity index (χ0n) is 13.7. The molecule has 2 unspecified atom stereocenters. The number of carbonyl (C=O) groups is 1. The van der Waals surface area contributed by atoms with Crippen LogP contribution in [-0.2, 0) is 4.74 Å². The van der Waals surface area contributed by atoms with Crippen molar-refractivity contribution in [2.45, 2.75) is 64.6 Å². The fourth-order valence-electron chi connectivity index (χ4n) is 2.64. The lowest BCUT2D eigenvalue weighted by atomic mass is 10.2. The fraction of sp³-hybridized carbons (Fsp3) is 0.588. The van der Waals surface area contributed by atoms with Gasteiger partial charge in [0.05, 0.1) is 0 Å². The number of aryl methyl sites for hydroxylation is 1. The highest BCUT2D eigenvalue weighted by Crippen LogP contribution is 2.24. The number of halogens is 1. The van der Waals surface area contributed by atoms with Gasteiger partial charge in [-0.05, 0) is 64.7 Å². The van der Waals surface area contributed by atoms with Crippen LogP contribution in [0.25, 0.3) is 0 Å². The predicted octanol–water partition coefficient (Wildman–Crippen LogP) is 3.99. The number of anilines is 1. The first-order valence-electron chi connectivity index (χ1n) is 7.75. The molecule has 0 bridgehead atoms. The van der Waals surface area contributed by atoms with E-state index in [1.807, 2.05) is 26.8 Å². The van der Waals surface area contributed by atoms with Gasteiger partial charge in [-0.2, -0.15) is 0 Å². The van der Waals surface area contributed by atoms with Crippen LogP contribution in [-0.4, -0.2) is 23.8 Å². The molecule has 1 saturated carbocycles. The Morgan fingerprint density at radius 1 is 1.27 bits per heavy atom. The van der Waals surface area contributed by atoms with Gasteiger partial charge in [0.15, 0.2) is 0 Å². The number of carbonyl (C=O) groups excluding carboxylic acids is 1. The van der Waals surface area contributed by atoms with Crippen LogP contribution in [0.5, 0.6) is 0 Å². The summed E-state index contributed by atoms with van der Waals surface area (Å²) >= 11 is 0. The number of hydrogen-bond donors (Lipinski definition) is 2. The smallest absolute Gasteiger partial charge is 0.407 e. The molecule has 2 atom stereocenters. The van der Waals surface area contributed by atoms with Gasteiger partial charge < -0.3 is 15.4 Å². The van der Waals surface area contributed by atoms with Crippen LogP contribution in [0.1, 0.15) is 45.6 Å². The van der Waals surface area contributed by atoms with Gasteiger partial charge in [0.1, 0.15) is 11.4 Å². The Hall–Kier alpha value is -1.78. The number of nitrogens with one attached hydrogen (secondary N) is 2. The van der Waals surface area contributed by atoms with Crippen LogP contribution < -0.4 is 10.6 Å². The Balaban J connectivity index is 1.82. The first-order chi connectivity index (χ1) is 10.2. The molecule has 1 aliphatic rings. The van der Waals surface area contributed by atoms with Crippen molar-refractivity contribution in [2.24, 2.45) is 0 Å². The van der Waals surface area contributed by atoms with Gasteiger partial charge in [-0.1, -0.05) is 6.07 Å². The lowest BCUT2D eigenvalue weighted by Crippen LogP contribution is -2.38. The molecule has 22 heavy (non-hydrogen) atoms. The third-order valence-electron chi connectivity index (χ3n) is 3.70. The van der Waals surface area contributed by atoms with Gasteiger partial charge in [-0.25, -0.2) is 9.18 Å². The zero-order chi connectivity index (χ0) is 16.3. The van der Waals surface area contributed by atoms with E-state index < -0.39 is 5.60 Å². The van der Waals surface area contributed by atoms with E-state index in [0.717, 1.165) is 24.9 Å². The van der Waals surface area contributed by atoms with Gasteiger partial charge >= 0.3 is 6.09 Å². The van der Waals surface area contributed by atoms with E-state index in [0.29, 0.717) is 5.56 Å². The standard InChI is InChI=1S/C17H25FN2O2/c1-11-5-6-14(10-15(11)18)19-12-7-8-13(9-12)20-16(21)22-17(2,3)4/h5-6,10,12-13,19H,7-9H2,1-4H3,(H,20,21). The average Bonchev–Trinajstić information content (AvgIpc) is 2.78. The number of amides is 1. The summed E-state index contributed by atoms with van der Waals surface area (Å²) in [5.41, 5.74) is 0.937. The second kappa shape index (κ2) is 6.55. The highest BCUT2D eigenvalue weighted by Gasteiger charge is 2.27. The monoisotopic (exact) mass is 308 g/mol. The minimum atomic E-state index is -0.486. The molecule has 1 amide bonds.